The Labute approximate surface area is 150 Å². The highest BCUT2D eigenvalue weighted by atomic mass is 35.5. The predicted octanol–water partition coefficient (Wildman–Crippen LogP) is 5.54. The van der Waals surface area contributed by atoms with Gasteiger partial charge in [-0.25, -0.2) is 0 Å². The van der Waals surface area contributed by atoms with Gasteiger partial charge in [-0.15, -0.1) is 0 Å². The molecule has 2 aromatic heterocycles. The van der Waals surface area contributed by atoms with Crippen LogP contribution < -0.4 is 0 Å². The lowest BCUT2D eigenvalue weighted by atomic mass is 10.1. The molecule has 25 heavy (non-hydrogen) atoms. The standard InChI is InChI=1S/C21H15ClN2O/c1-13-7-8-14-12-25-21(15(14)10-13)20-19-6-3-9-24(19)18-5-2-4-17(22)16(18)11-23-20/h2-10,12H,11H2,1H3. The number of rotatable bonds is 1. The normalized spacial score (nSPS) is 13.3. The van der Waals surface area contributed by atoms with Gasteiger partial charge in [0.25, 0.3) is 0 Å². The number of nitrogens with zero attached hydrogens (tertiary/aromatic N) is 2. The van der Waals surface area contributed by atoms with E-state index in [9.17, 15) is 0 Å². The van der Waals surface area contributed by atoms with E-state index in [1.807, 2.05) is 24.4 Å². The molecule has 0 bridgehead atoms. The topological polar surface area (TPSA) is 30.4 Å². The van der Waals surface area contributed by atoms with Crippen LogP contribution in [-0.2, 0) is 6.54 Å². The van der Waals surface area contributed by atoms with Crippen molar-refractivity contribution < 1.29 is 4.42 Å². The maximum atomic E-state index is 6.43. The summed E-state index contributed by atoms with van der Waals surface area (Å²) in [4.78, 5) is 4.88. The Balaban J connectivity index is 1.78. The van der Waals surface area contributed by atoms with Crippen molar-refractivity contribution in [3.8, 4) is 5.69 Å². The van der Waals surface area contributed by atoms with Gasteiger partial charge in [-0.2, -0.15) is 0 Å². The van der Waals surface area contributed by atoms with E-state index < -0.39 is 0 Å². The summed E-state index contributed by atoms with van der Waals surface area (Å²) in [5.41, 5.74) is 5.17. The third-order valence-corrected chi connectivity index (χ3v) is 5.07. The molecule has 0 atom stereocenters. The van der Waals surface area contributed by atoms with Crippen LogP contribution in [0.2, 0.25) is 5.02 Å². The molecule has 0 spiro atoms. The number of hydrogen-bond donors (Lipinski definition) is 0. The zero-order valence-electron chi connectivity index (χ0n) is 13.7. The number of furan rings is 1. The Morgan fingerprint density at radius 2 is 2.04 bits per heavy atom. The quantitative estimate of drug-likeness (QED) is 0.445. The fraction of sp³-hybridized carbons (Fsp3) is 0.0952. The van der Waals surface area contributed by atoms with Crippen LogP contribution in [0.5, 0.6) is 0 Å². The van der Waals surface area contributed by atoms with E-state index in [0.29, 0.717) is 6.54 Å². The highest BCUT2D eigenvalue weighted by molar-refractivity contribution is 6.31. The Kier molecular flexibility index (Phi) is 3.12. The summed E-state index contributed by atoms with van der Waals surface area (Å²) in [5, 5.41) is 2.91. The largest absolute Gasteiger partial charge is 0.461 e. The molecule has 1 aliphatic heterocycles. The molecule has 0 unspecified atom stereocenters. The molecule has 4 heteroatoms. The lowest BCUT2D eigenvalue weighted by Gasteiger charge is -2.11. The minimum atomic E-state index is 0.528. The summed E-state index contributed by atoms with van der Waals surface area (Å²) < 4.78 is 8.08. The van der Waals surface area contributed by atoms with Crippen LogP contribution in [0.1, 0.15) is 22.6 Å². The maximum absolute atomic E-state index is 6.43. The van der Waals surface area contributed by atoms with Crippen LogP contribution >= 0.6 is 11.6 Å². The van der Waals surface area contributed by atoms with Crippen molar-refractivity contribution in [1.82, 2.24) is 4.57 Å². The third kappa shape index (κ3) is 2.16. The first-order chi connectivity index (χ1) is 12.2. The zero-order chi connectivity index (χ0) is 17.0. The molecule has 3 nitrogen and oxygen atoms in total. The molecule has 1 aliphatic rings. The molecule has 5 rings (SSSR count). The number of halogens is 1. The van der Waals surface area contributed by atoms with Gasteiger partial charge in [0.1, 0.15) is 5.71 Å². The first-order valence-corrected chi connectivity index (χ1v) is 8.58. The van der Waals surface area contributed by atoms with Gasteiger partial charge in [0.2, 0.25) is 0 Å². The van der Waals surface area contributed by atoms with Crippen LogP contribution in [-0.4, -0.2) is 10.3 Å². The minimum absolute atomic E-state index is 0.528. The number of fused-ring (bicyclic) bond motifs is 4. The Morgan fingerprint density at radius 3 is 2.96 bits per heavy atom. The lowest BCUT2D eigenvalue weighted by molar-refractivity contribution is 0.562. The maximum Gasteiger partial charge on any atom is 0.161 e. The average molecular weight is 347 g/mol. The molecule has 0 N–H and O–H groups in total. The molecular formula is C21H15ClN2O. The van der Waals surface area contributed by atoms with Gasteiger partial charge < -0.3 is 8.98 Å². The number of hydrogen-bond acceptors (Lipinski definition) is 2. The summed E-state index contributed by atoms with van der Waals surface area (Å²) in [5.74, 6) is 0.808. The van der Waals surface area contributed by atoms with Gasteiger partial charge in [-0.1, -0.05) is 35.4 Å². The second-order valence-electron chi connectivity index (χ2n) is 6.32. The molecule has 0 saturated carbocycles. The van der Waals surface area contributed by atoms with Gasteiger partial charge in [0, 0.05) is 27.6 Å². The molecule has 2 aromatic carbocycles. The number of aromatic nitrogens is 1. The highest BCUT2D eigenvalue weighted by Crippen LogP contribution is 2.32. The molecule has 0 saturated heterocycles. The minimum Gasteiger partial charge on any atom is -0.461 e. The first kappa shape index (κ1) is 14.6. The Hall–Kier alpha value is -2.78. The summed E-state index contributed by atoms with van der Waals surface area (Å²) in [6.07, 6.45) is 3.84. The number of benzene rings is 2. The van der Waals surface area contributed by atoms with Gasteiger partial charge in [-0.3, -0.25) is 4.99 Å². The van der Waals surface area contributed by atoms with Crippen LogP contribution in [0.25, 0.3) is 16.5 Å². The van der Waals surface area contributed by atoms with Crippen LogP contribution in [0.3, 0.4) is 0 Å². The van der Waals surface area contributed by atoms with E-state index in [4.69, 9.17) is 21.0 Å². The second kappa shape index (κ2) is 5.36. The van der Waals surface area contributed by atoms with Crippen LogP contribution in [0.4, 0.5) is 0 Å². The van der Waals surface area contributed by atoms with E-state index in [1.165, 1.54) is 5.56 Å². The van der Waals surface area contributed by atoms with Crippen molar-refractivity contribution in [2.45, 2.75) is 13.5 Å². The molecule has 0 aliphatic carbocycles. The van der Waals surface area contributed by atoms with E-state index in [1.54, 1.807) is 6.26 Å². The van der Waals surface area contributed by atoms with Crippen molar-refractivity contribution in [1.29, 1.82) is 0 Å². The second-order valence-corrected chi connectivity index (χ2v) is 6.73. The van der Waals surface area contributed by atoms with Crippen molar-refractivity contribution in [2.75, 3.05) is 0 Å². The Morgan fingerprint density at radius 1 is 1.12 bits per heavy atom. The molecule has 0 amide bonds. The molecular weight excluding hydrogens is 332 g/mol. The monoisotopic (exact) mass is 346 g/mol. The van der Waals surface area contributed by atoms with Crippen molar-refractivity contribution in [3.05, 3.63) is 88.6 Å². The summed E-state index contributed by atoms with van der Waals surface area (Å²) in [7, 11) is 0. The number of aryl methyl sites for hydroxylation is 1. The van der Waals surface area contributed by atoms with Gasteiger partial charge >= 0.3 is 0 Å². The fourth-order valence-corrected chi connectivity index (χ4v) is 3.71. The average Bonchev–Trinajstić information content (AvgIpc) is 3.21. The van der Waals surface area contributed by atoms with Crippen LogP contribution in [0, 0.1) is 6.92 Å². The van der Waals surface area contributed by atoms with Crippen molar-refractivity contribution in [2.24, 2.45) is 4.99 Å². The molecule has 0 fully saturated rings. The lowest BCUT2D eigenvalue weighted by Crippen LogP contribution is -2.07. The first-order valence-electron chi connectivity index (χ1n) is 8.20. The van der Waals surface area contributed by atoms with E-state index in [2.05, 4.69) is 41.8 Å². The van der Waals surface area contributed by atoms with Gasteiger partial charge in [0.15, 0.2) is 5.76 Å². The smallest absolute Gasteiger partial charge is 0.161 e. The van der Waals surface area contributed by atoms with Gasteiger partial charge in [-0.05, 0) is 37.3 Å². The molecule has 4 aromatic rings. The SMILES string of the molecule is Cc1ccc2coc(C3=NCc4c(Cl)cccc4-n4cccc43)c2c1. The summed E-state index contributed by atoms with van der Waals surface area (Å²) in [6, 6.07) is 16.4. The van der Waals surface area contributed by atoms with E-state index >= 15 is 0 Å². The molecule has 122 valence electrons. The number of aliphatic imine (C=N–C) groups is 1. The molecule has 3 heterocycles. The Bertz CT molecular complexity index is 1150. The van der Waals surface area contributed by atoms with E-state index in [0.717, 1.165) is 44.2 Å². The molecule has 0 radical (unpaired) electrons. The van der Waals surface area contributed by atoms with E-state index in [-0.39, 0.29) is 0 Å². The fourth-order valence-electron chi connectivity index (χ4n) is 3.48. The van der Waals surface area contributed by atoms with Gasteiger partial charge in [0.05, 0.1) is 24.2 Å². The zero-order valence-corrected chi connectivity index (χ0v) is 14.4. The summed E-state index contributed by atoms with van der Waals surface area (Å²) in [6.45, 7) is 2.61. The summed E-state index contributed by atoms with van der Waals surface area (Å²) >= 11 is 6.43. The van der Waals surface area contributed by atoms with Crippen molar-refractivity contribution >= 4 is 28.1 Å². The third-order valence-electron chi connectivity index (χ3n) is 4.71. The van der Waals surface area contributed by atoms with Crippen molar-refractivity contribution in [3.63, 3.8) is 0 Å². The highest BCUT2D eigenvalue weighted by Gasteiger charge is 2.23. The van der Waals surface area contributed by atoms with Crippen LogP contribution in [0.15, 0.2) is 70.4 Å². The predicted molar refractivity (Wildman–Crippen MR) is 101 cm³/mol.